The highest BCUT2D eigenvalue weighted by Crippen LogP contribution is 2.38. The Labute approximate surface area is 188 Å². The highest BCUT2D eigenvalue weighted by Gasteiger charge is 2.47. The van der Waals surface area contributed by atoms with E-state index in [2.05, 4.69) is 48.5 Å². The number of nitrogens with zero attached hydrogens (tertiary/aromatic N) is 1. The lowest BCUT2D eigenvalue weighted by Gasteiger charge is -2.43. The maximum atomic E-state index is 13.2. The molecule has 5 nitrogen and oxygen atoms in total. The van der Waals surface area contributed by atoms with Crippen molar-refractivity contribution in [3.8, 4) is 5.75 Å². The zero-order chi connectivity index (χ0) is 21.8. The van der Waals surface area contributed by atoms with Gasteiger partial charge in [0, 0.05) is 25.6 Å². The fourth-order valence-corrected chi connectivity index (χ4v) is 4.97. The number of carbonyl (C=O) groups excluding carboxylic acids is 1. The largest absolute Gasteiger partial charge is 0.493 e. The molecule has 6 heteroatoms. The summed E-state index contributed by atoms with van der Waals surface area (Å²) in [7, 11) is 0. The van der Waals surface area contributed by atoms with Crippen molar-refractivity contribution in [2.45, 2.75) is 52.7 Å². The quantitative estimate of drug-likeness (QED) is 0.588. The summed E-state index contributed by atoms with van der Waals surface area (Å²) in [5.74, 6) is 1.51. The molecule has 1 aliphatic heterocycles. The van der Waals surface area contributed by atoms with Crippen molar-refractivity contribution in [2.75, 3.05) is 19.6 Å². The van der Waals surface area contributed by atoms with Gasteiger partial charge in [-0.2, -0.15) is 0 Å². The first-order valence-corrected chi connectivity index (χ1v) is 11.8. The Morgan fingerprint density at radius 2 is 1.83 bits per heavy atom. The van der Waals surface area contributed by atoms with Crippen LogP contribution in [0.5, 0.6) is 5.75 Å². The molecule has 166 valence electrons. The predicted molar refractivity (Wildman–Crippen MR) is 121 cm³/mol. The second kappa shape index (κ2) is 10.3. The predicted octanol–water partition coefficient (Wildman–Crippen LogP) is 4.64. The molecule has 1 fully saturated rings. The maximum Gasteiger partial charge on any atom is 0.208 e. The smallest absolute Gasteiger partial charge is 0.208 e. The lowest BCUT2D eigenvalue weighted by molar-refractivity contribution is -0.140. The molecular weight excluding hydrogens is 446 g/mol. The second-order valence-electron chi connectivity index (χ2n) is 9.40. The minimum Gasteiger partial charge on any atom is -0.493 e. The summed E-state index contributed by atoms with van der Waals surface area (Å²) in [4.78, 5) is 15.6. The number of rotatable bonds is 8. The molecule has 1 N–H and O–H groups in total. The lowest BCUT2D eigenvalue weighted by Crippen LogP contribution is -2.53. The van der Waals surface area contributed by atoms with Crippen molar-refractivity contribution in [3.63, 3.8) is 0 Å². The van der Waals surface area contributed by atoms with E-state index in [1.165, 1.54) is 6.26 Å². The van der Waals surface area contributed by atoms with Crippen molar-refractivity contribution in [2.24, 2.45) is 23.7 Å². The number of aliphatic hydroxyl groups is 1. The molecule has 0 spiro atoms. The lowest BCUT2D eigenvalue weighted by atomic mass is 9.73. The van der Waals surface area contributed by atoms with Crippen molar-refractivity contribution >= 4 is 21.7 Å². The number of hydrogen-bond acceptors (Lipinski definition) is 5. The van der Waals surface area contributed by atoms with Crippen LogP contribution in [0.3, 0.4) is 0 Å². The number of ketones is 1. The summed E-state index contributed by atoms with van der Waals surface area (Å²) in [5.41, 5.74) is 0. The van der Waals surface area contributed by atoms with Gasteiger partial charge in [-0.25, -0.2) is 0 Å². The van der Waals surface area contributed by atoms with Gasteiger partial charge in [0.2, 0.25) is 11.5 Å². The fourth-order valence-electron chi connectivity index (χ4n) is 4.60. The Morgan fingerprint density at radius 1 is 1.17 bits per heavy atom. The molecule has 1 aliphatic carbocycles. The van der Waals surface area contributed by atoms with E-state index < -0.39 is 6.10 Å². The van der Waals surface area contributed by atoms with E-state index in [0.717, 1.165) is 24.1 Å². The first-order chi connectivity index (χ1) is 14.3. The normalized spacial score (nSPS) is 26.6. The Kier molecular flexibility index (Phi) is 7.99. The highest BCUT2D eigenvalue weighted by atomic mass is 79.9. The molecule has 30 heavy (non-hydrogen) atoms. The van der Waals surface area contributed by atoms with E-state index in [0.29, 0.717) is 30.4 Å². The third-order valence-electron chi connectivity index (χ3n) is 5.77. The Morgan fingerprint density at radius 3 is 2.47 bits per heavy atom. The molecule has 1 heterocycles. The van der Waals surface area contributed by atoms with Gasteiger partial charge in [-0.15, -0.1) is 0 Å². The standard InChI is InChI=1S/C24H34BrNO4/c1-15(2)11-26(12-16(3)4)13-18-20(27)10-9-17-23(28)22(14-29-24(17)18)30-21-8-6-5-7-19(21)25/h5-8,14-18,20,24,27H,9-13H2,1-4H3. The SMILES string of the molecule is CC(C)CN(CC(C)C)CC1C(O)CCC2C(=O)C(Oc3ccccc3Br)=COC21. The molecule has 0 saturated heterocycles. The van der Waals surface area contributed by atoms with Crippen molar-refractivity contribution in [3.05, 3.63) is 40.8 Å². The van der Waals surface area contributed by atoms with Crippen LogP contribution in [0.25, 0.3) is 0 Å². The zero-order valence-electron chi connectivity index (χ0n) is 18.4. The van der Waals surface area contributed by atoms with Crippen LogP contribution in [-0.4, -0.2) is 47.6 Å². The first kappa shape index (κ1) is 23.3. The number of allylic oxidation sites excluding steroid dienone is 1. The Bertz CT molecular complexity index is 753. The number of ether oxygens (including phenoxy) is 2. The zero-order valence-corrected chi connectivity index (χ0v) is 20.0. The Hall–Kier alpha value is -1.37. The molecule has 0 bridgehead atoms. The maximum absolute atomic E-state index is 13.2. The van der Waals surface area contributed by atoms with E-state index >= 15 is 0 Å². The van der Waals surface area contributed by atoms with Crippen LogP contribution in [0, 0.1) is 23.7 Å². The van der Waals surface area contributed by atoms with Crippen LogP contribution in [0.1, 0.15) is 40.5 Å². The van der Waals surface area contributed by atoms with Gasteiger partial charge in [0.25, 0.3) is 0 Å². The van der Waals surface area contributed by atoms with Crippen molar-refractivity contribution in [1.29, 1.82) is 0 Å². The highest BCUT2D eigenvalue weighted by molar-refractivity contribution is 9.10. The van der Waals surface area contributed by atoms with Gasteiger partial charge in [-0.05, 0) is 52.7 Å². The summed E-state index contributed by atoms with van der Waals surface area (Å²) in [6.45, 7) is 11.5. The molecule has 0 radical (unpaired) electrons. The third kappa shape index (κ3) is 5.65. The van der Waals surface area contributed by atoms with Crippen LogP contribution >= 0.6 is 15.9 Å². The molecule has 2 aliphatic rings. The van der Waals surface area contributed by atoms with Crippen molar-refractivity contribution in [1.82, 2.24) is 4.90 Å². The molecule has 0 aromatic heterocycles. The second-order valence-corrected chi connectivity index (χ2v) is 10.3. The Balaban J connectivity index is 1.76. The van der Waals surface area contributed by atoms with Crippen LogP contribution in [-0.2, 0) is 9.53 Å². The molecule has 3 rings (SSSR count). The first-order valence-electron chi connectivity index (χ1n) is 11.0. The van der Waals surface area contributed by atoms with Gasteiger partial charge in [-0.3, -0.25) is 4.79 Å². The minimum atomic E-state index is -0.458. The van der Waals surface area contributed by atoms with Gasteiger partial charge in [0.05, 0.1) is 16.5 Å². The number of benzene rings is 1. The van der Waals surface area contributed by atoms with Gasteiger partial charge < -0.3 is 19.5 Å². The number of hydrogen-bond donors (Lipinski definition) is 1. The number of para-hydroxylation sites is 1. The molecule has 0 amide bonds. The molecule has 4 atom stereocenters. The minimum absolute atomic E-state index is 0.0295. The van der Waals surface area contributed by atoms with Gasteiger partial charge in [-0.1, -0.05) is 39.8 Å². The van der Waals surface area contributed by atoms with Gasteiger partial charge >= 0.3 is 0 Å². The number of Topliss-reactive ketones (excluding diaryl/α,β-unsaturated/α-hetero) is 1. The summed E-state index contributed by atoms with van der Waals surface area (Å²) in [6, 6.07) is 7.45. The average molecular weight is 480 g/mol. The van der Waals surface area contributed by atoms with Crippen molar-refractivity contribution < 1.29 is 19.4 Å². The van der Waals surface area contributed by atoms with Gasteiger partial charge in [0.15, 0.2) is 0 Å². The van der Waals surface area contributed by atoms with Crippen LogP contribution in [0.2, 0.25) is 0 Å². The third-order valence-corrected chi connectivity index (χ3v) is 6.43. The molecule has 4 unspecified atom stereocenters. The van der Waals surface area contributed by atoms with Crippen LogP contribution < -0.4 is 4.74 Å². The number of carbonyl (C=O) groups is 1. The van der Waals surface area contributed by atoms with Crippen LogP contribution in [0.4, 0.5) is 0 Å². The van der Waals surface area contributed by atoms with Gasteiger partial charge in [0.1, 0.15) is 18.1 Å². The number of halogens is 1. The monoisotopic (exact) mass is 479 g/mol. The molecular formula is C24H34BrNO4. The van der Waals surface area contributed by atoms with E-state index in [9.17, 15) is 9.90 Å². The van der Waals surface area contributed by atoms with Crippen LogP contribution in [0.15, 0.2) is 40.8 Å². The average Bonchev–Trinajstić information content (AvgIpc) is 2.66. The topological polar surface area (TPSA) is 59.0 Å². The molecule has 1 aromatic rings. The van der Waals surface area contributed by atoms with E-state index in [-0.39, 0.29) is 29.5 Å². The van der Waals surface area contributed by atoms with E-state index in [1.54, 1.807) is 0 Å². The number of fused-ring (bicyclic) bond motifs is 1. The molecule has 1 aromatic carbocycles. The number of aliphatic hydroxyl groups excluding tert-OH is 1. The fraction of sp³-hybridized carbons (Fsp3) is 0.625. The summed E-state index contributed by atoms with van der Waals surface area (Å²) < 4.78 is 12.7. The summed E-state index contributed by atoms with van der Waals surface area (Å²) in [5, 5.41) is 10.8. The molecule has 1 saturated carbocycles. The summed E-state index contributed by atoms with van der Waals surface area (Å²) >= 11 is 3.45. The van der Waals surface area contributed by atoms with E-state index in [4.69, 9.17) is 9.47 Å². The van der Waals surface area contributed by atoms with E-state index in [1.807, 2.05) is 24.3 Å². The summed E-state index contributed by atoms with van der Waals surface area (Å²) in [6.07, 6.45) is 1.91.